The largest absolute Gasteiger partial charge is 0.369 e. The van der Waals surface area contributed by atoms with Crippen LogP contribution >= 0.6 is 0 Å². The predicted molar refractivity (Wildman–Crippen MR) is 43.8 cm³/mol. The fourth-order valence-electron chi connectivity index (χ4n) is 0.252. The van der Waals surface area contributed by atoms with Crippen LogP contribution in [-0.4, -0.2) is 11.7 Å². The summed E-state index contributed by atoms with van der Waals surface area (Å²) in [5.74, 6) is 0.392. The highest BCUT2D eigenvalue weighted by atomic mass is 15.3. The zero-order chi connectivity index (χ0) is 8.15. The first kappa shape index (κ1) is 8.94. The second-order valence-electron chi connectivity index (χ2n) is 2.42. The van der Waals surface area contributed by atoms with Crippen LogP contribution in [0.1, 0.15) is 20.8 Å². The highest BCUT2D eigenvalue weighted by Crippen LogP contribution is 1.95. The van der Waals surface area contributed by atoms with Crippen molar-refractivity contribution in [2.45, 2.75) is 20.8 Å². The van der Waals surface area contributed by atoms with E-state index < -0.39 is 0 Å². The Morgan fingerprint density at radius 1 is 1.20 bits per heavy atom. The Bertz CT molecular complexity index is 153. The molecule has 0 amide bonds. The SMILES string of the molecule is C/C(=N/N=C(N)N)C(C)C. The van der Waals surface area contributed by atoms with Crippen molar-refractivity contribution in [2.75, 3.05) is 0 Å². The standard InChI is InChI=1S/C6H14N4/c1-4(2)5(3)9-10-6(7)8/h4H,1-3H3,(H4,7,8,10)/b9-5-. The van der Waals surface area contributed by atoms with Gasteiger partial charge in [-0.2, -0.15) is 5.10 Å². The number of nitrogens with two attached hydrogens (primary N) is 2. The van der Waals surface area contributed by atoms with Crippen LogP contribution < -0.4 is 11.5 Å². The molecule has 4 N–H and O–H groups in total. The zero-order valence-electron chi connectivity index (χ0n) is 6.63. The number of rotatable bonds is 2. The summed E-state index contributed by atoms with van der Waals surface area (Å²) in [5, 5.41) is 7.28. The van der Waals surface area contributed by atoms with Crippen LogP contribution in [0.15, 0.2) is 10.2 Å². The number of hydrogen-bond acceptors (Lipinski definition) is 2. The molecule has 0 aliphatic rings. The van der Waals surface area contributed by atoms with Gasteiger partial charge in [-0.3, -0.25) is 0 Å². The first-order valence-corrected chi connectivity index (χ1v) is 3.17. The molecule has 0 spiro atoms. The molecule has 0 unspecified atom stereocenters. The highest BCUT2D eigenvalue weighted by Gasteiger charge is 1.95. The fourth-order valence-corrected chi connectivity index (χ4v) is 0.252. The number of guanidine groups is 1. The average molecular weight is 142 g/mol. The summed E-state index contributed by atoms with van der Waals surface area (Å²) in [7, 11) is 0. The third kappa shape index (κ3) is 3.88. The summed E-state index contributed by atoms with van der Waals surface area (Å²) in [4.78, 5) is 0. The van der Waals surface area contributed by atoms with E-state index in [1.54, 1.807) is 0 Å². The van der Waals surface area contributed by atoms with E-state index in [1.165, 1.54) is 0 Å². The van der Waals surface area contributed by atoms with Crippen LogP contribution in [0, 0.1) is 5.92 Å². The summed E-state index contributed by atoms with van der Waals surface area (Å²) in [6.07, 6.45) is 0. The van der Waals surface area contributed by atoms with Gasteiger partial charge in [-0.05, 0) is 12.8 Å². The van der Waals surface area contributed by atoms with Crippen molar-refractivity contribution in [3.63, 3.8) is 0 Å². The summed E-state index contributed by atoms with van der Waals surface area (Å²) in [6.45, 7) is 5.94. The molecule has 0 aliphatic carbocycles. The van der Waals surface area contributed by atoms with Crippen molar-refractivity contribution >= 4 is 11.7 Å². The zero-order valence-corrected chi connectivity index (χ0v) is 6.63. The van der Waals surface area contributed by atoms with Crippen LogP contribution in [-0.2, 0) is 0 Å². The Hall–Kier alpha value is -1.06. The molecule has 0 atom stereocenters. The maximum Gasteiger partial charge on any atom is 0.211 e. The molecule has 58 valence electrons. The maximum atomic E-state index is 5.06. The monoisotopic (exact) mass is 142 g/mol. The third-order valence-electron chi connectivity index (χ3n) is 1.16. The smallest absolute Gasteiger partial charge is 0.211 e. The summed E-state index contributed by atoms with van der Waals surface area (Å²) < 4.78 is 0. The van der Waals surface area contributed by atoms with Gasteiger partial charge in [0, 0.05) is 5.71 Å². The normalized spacial score (nSPS) is 11.8. The van der Waals surface area contributed by atoms with Gasteiger partial charge in [0.05, 0.1) is 0 Å². The third-order valence-corrected chi connectivity index (χ3v) is 1.16. The van der Waals surface area contributed by atoms with Gasteiger partial charge in [0.2, 0.25) is 5.96 Å². The Balaban J connectivity index is 4.05. The van der Waals surface area contributed by atoms with Gasteiger partial charge < -0.3 is 11.5 Å². The van der Waals surface area contributed by atoms with E-state index in [0.717, 1.165) is 5.71 Å². The summed E-state index contributed by atoms with van der Waals surface area (Å²) in [6, 6.07) is 0. The van der Waals surface area contributed by atoms with Gasteiger partial charge in [0.1, 0.15) is 0 Å². The van der Waals surface area contributed by atoms with Crippen molar-refractivity contribution in [2.24, 2.45) is 27.6 Å². The molecule has 0 fully saturated rings. The molecule has 4 heteroatoms. The van der Waals surface area contributed by atoms with Crippen molar-refractivity contribution in [3.05, 3.63) is 0 Å². The molecule has 0 saturated heterocycles. The van der Waals surface area contributed by atoms with E-state index in [1.807, 2.05) is 20.8 Å². The van der Waals surface area contributed by atoms with Crippen LogP contribution in [0.25, 0.3) is 0 Å². The lowest BCUT2D eigenvalue weighted by atomic mass is 10.1. The van der Waals surface area contributed by atoms with Crippen LogP contribution in [0.5, 0.6) is 0 Å². The van der Waals surface area contributed by atoms with Gasteiger partial charge in [-0.1, -0.05) is 13.8 Å². The second kappa shape index (κ2) is 3.87. The summed E-state index contributed by atoms with van der Waals surface area (Å²) in [5.41, 5.74) is 11.0. The Kier molecular flexibility index (Phi) is 3.46. The topological polar surface area (TPSA) is 76.8 Å². The highest BCUT2D eigenvalue weighted by molar-refractivity contribution is 5.84. The molecule has 0 aromatic heterocycles. The number of nitrogens with zero attached hydrogens (tertiary/aromatic N) is 2. The van der Waals surface area contributed by atoms with Gasteiger partial charge in [-0.25, -0.2) is 0 Å². The minimum atomic E-state index is 0.000000000000000222. The lowest BCUT2D eigenvalue weighted by molar-refractivity contribution is 0.869. The van der Waals surface area contributed by atoms with Crippen LogP contribution in [0.4, 0.5) is 0 Å². The van der Waals surface area contributed by atoms with E-state index >= 15 is 0 Å². The quantitative estimate of drug-likeness (QED) is 0.330. The molecular formula is C6H14N4. The van der Waals surface area contributed by atoms with Crippen LogP contribution in [0.3, 0.4) is 0 Å². The minimum Gasteiger partial charge on any atom is -0.369 e. The van der Waals surface area contributed by atoms with E-state index in [2.05, 4.69) is 10.2 Å². The molecule has 0 aliphatic heterocycles. The molecule has 0 rings (SSSR count). The molecule has 10 heavy (non-hydrogen) atoms. The van der Waals surface area contributed by atoms with E-state index in [-0.39, 0.29) is 5.96 Å². The lowest BCUT2D eigenvalue weighted by Gasteiger charge is -1.99. The van der Waals surface area contributed by atoms with E-state index in [9.17, 15) is 0 Å². The van der Waals surface area contributed by atoms with Gasteiger partial charge in [0.15, 0.2) is 0 Å². The second-order valence-corrected chi connectivity index (χ2v) is 2.42. The molecule has 0 aromatic rings. The molecule has 0 bridgehead atoms. The Labute approximate surface area is 61.0 Å². The minimum absolute atomic E-state index is 0.000000000000000222. The molecule has 0 radical (unpaired) electrons. The van der Waals surface area contributed by atoms with Crippen LogP contribution in [0.2, 0.25) is 0 Å². The van der Waals surface area contributed by atoms with Gasteiger partial charge in [0.25, 0.3) is 0 Å². The maximum absolute atomic E-state index is 5.06. The molecule has 0 heterocycles. The average Bonchev–Trinajstić information content (AvgIpc) is 1.82. The predicted octanol–water partition coefficient (Wildman–Crippen LogP) is 0.292. The van der Waals surface area contributed by atoms with Crippen molar-refractivity contribution in [1.29, 1.82) is 0 Å². The number of hydrogen-bond donors (Lipinski definition) is 2. The summed E-state index contributed by atoms with van der Waals surface area (Å²) >= 11 is 0. The van der Waals surface area contributed by atoms with Gasteiger partial charge >= 0.3 is 0 Å². The Morgan fingerprint density at radius 2 is 1.70 bits per heavy atom. The van der Waals surface area contributed by atoms with E-state index in [0.29, 0.717) is 5.92 Å². The van der Waals surface area contributed by atoms with E-state index in [4.69, 9.17) is 11.5 Å². The molecule has 0 saturated carbocycles. The first-order valence-electron chi connectivity index (χ1n) is 3.17. The van der Waals surface area contributed by atoms with Gasteiger partial charge in [-0.15, -0.1) is 5.10 Å². The molecule has 0 aromatic carbocycles. The molecular weight excluding hydrogens is 128 g/mol. The lowest BCUT2D eigenvalue weighted by Crippen LogP contribution is -2.22. The van der Waals surface area contributed by atoms with Crippen molar-refractivity contribution in [3.8, 4) is 0 Å². The Morgan fingerprint density at radius 3 is 2.00 bits per heavy atom. The fraction of sp³-hybridized carbons (Fsp3) is 0.667. The van der Waals surface area contributed by atoms with Crippen molar-refractivity contribution in [1.82, 2.24) is 0 Å². The van der Waals surface area contributed by atoms with Crippen molar-refractivity contribution < 1.29 is 0 Å². The first-order chi connectivity index (χ1) is 4.54. The molecule has 4 nitrogen and oxygen atoms in total.